The standard InChI is InChI=1S/C8H7N3/c9-7-2-1-6-4-10-5-11-8(6)3-7/h1-5H,9H2. The lowest BCUT2D eigenvalue weighted by Gasteiger charge is -1.95. The molecule has 54 valence electrons. The van der Waals surface area contributed by atoms with Crippen LogP contribution in [0.25, 0.3) is 10.9 Å². The Hall–Kier alpha value is -1.64. The average Bonchev–Trinajstić information content (AvgIpc) is 2.04. The Morgan fingerprint density at radius 3 is 3.09 bits per heavy atom. The third-order valence-electron chi connectivity index (χ3n) is 1.53. The highest BCUT2D eigenvalue weighted by Crippen LogP contribution is 2.12. The third-order valence-corrected chi connectivity index (χ3v) is 1.53. The molecule has 3 heteroatoms. The molecule has 0 unspecified atom stereocenters. The molecular formula is C8H7N3. The second-order valence-corrected chi connectivity index (χ2v) is 2.34. The van der Waals surface area contributed by atoms with Crippen molar-refractivity contribution in [2.45, 2.75) is 0 Å². The van der Waals surface area contributed by atoms with Crippen LogP contribution in [0.2, 0.25) is 0 Å². The molecule has 0 radical (unpaired) electrons. The van der Waals surface area contributed by atoms with E-state index in [1.54, 1.807) is 6.20 Å². The zero-order chi connectivity index (χ0) is 7.68. The number of aromatic nitrogens is 2. The molecule has 1 aromatic carbocycles. The summed E-state index contributed by atoms with van der Waals surface area (Å²) < 4.78 is 0. The van der Waals surface area contributed by atoms with Gasteiger partial charge in [-0.05, 0) is 18.2 Å². The van der Waals surface area contributed by atoms with E-state index in [1.165, 1.54) is 6.33 Å². The van der Waals surface area contributed by atoms with Gasteiger partial charge in [-0.1, -0.05) is 0 Å². The van der Waals surface area contributed by atoms with Gasteiger partial charge in [-0.2, -0.15) is 0 Å². The summed E-state index contributed by atoms with van der Waals surface area (Å²) in [7, 11) is 0. The highest BCUT2D eigenvalue weighted by atomic mass is 14.8. The van der Waals surface area contributed by atoms with Crippen molar-refractivity contribution in [2.24, 2.45) is 0 Å². The maximum Gasteiger partial charge on any atom is 0.116 e. The minimum Gasteiger partial charge on any atom is -0.399 e. The van der Waals surface area contributed by atoms with Crippen LogP contribution in [0.3, 0.4) is 0 Å². The monoisotopic (exact) mass is 145 g/mol. The van der Waals surface area contributed by atoms with Crippen molar-refractivity contribution in [3.05, 3.63) is 30.7 Å². The van der Waals surface area contributed by atoms with Crippen LogP contribution in [0, 0.1) is 0 Å². The van der Waals surface area contributed by atoms with Gasteiger partial charge in [0.25, 0.3) is 0 Å². The number of rotatable bonds is 0. The first-order valence-corrected chi connectivity index (χ1v) is 3.31. The molecule has 0 aliphatic carbocycles. The average molecular weight is 145 g/mol. The molecule has 0 saturated heterocycles. The maximum absolute atomic E-state index is 5.56. The molecule has 0 aliphatic rings. The number of benzene rings is 1. The van der Waals surface area contributed by atoms with E-state index in [9.17, 15) is 0 Å². The van der Waals surface area contributed by atoms with Crippen molar-refractivity contribution in [3.8, 4) is 0 Å². The van der Waals surface area contributed by atoms with Gasteiger partial charge in [-0.3, -0.25) is 0 Å². The Kier molecular flexibility index (Phi) is 1.22. The number of anilines is 1. The number of fused-ring (bicyclic) bond motifs is 1. The molecular weight excluding hydrogens is 138 g/mol. The molecule has 3 nitrogen and oxygen atoms in total. The first-order valence-electron chi connectivity index (χ1n) is 3.31. The first kappa shape index (κ1) is 6.09. The van der Waals surface area contributed by atoms with Gasteiger partial charge in [0.05, 0.1) is 5.52 Å². The van der Waals surface area contributed by atoms with Crippen LogP contribution in [-0.2, 0) is 0 Å². The normalized spacial score (nSPS) is 10.2. The molecule has 0 amide bonds. The van der Waals surface area contributed by atoms with Crippen molar-refractivity contribution < 1.29 is 0 Å². The summed E-state index contributed by atoms with van der Waals surface area (Å²) >= 11 is 0. The summed E-state index contributed by atoms with van der Waals surface area (Å²) in [5, 5.41) is 1.02. The van der Waals surface area contributed by atoms with Crippen LogP contribution in [0.5, 0.6) is 0 Å². The highest BCUT2D eigenvalue weighted by molar-refractivity contribution is 5.80. The van der Waals surface area contributed by atoms with Gasteiger partial charge in [-0.15, -0.1) is 0 Å². The minimum atomic E-state index is 0.733. The summed E-state index contributed by atoms with van der Waals surface area (Å²) in [4.78, 5) is 7.94. The number of nitrogen functional groups attached to an aromatic ring is 1. The van der Waals surface area contributed by atoms with Crippen molar-refractivity contribution in [2.75, 3.05) is 5.73 Å². The van der Waals surface area contributed by atoms with Crippen LogP contribution in [0.1, 0.15) is 0 Å². The van der Waals surface area contributed by atoms with Crippen LogP contribution in [-0.4, -0.2) is 9.97 Å². The summed E-state index contributed by atoms with van der Waals surface area (Å²) in [6.45, 7) is 0. The largest absolute Gasteiger partial charge is 0.399 e. The SMILES string of the molecule is Nc1ccc2cncnc2c1. The number of nitrogens with zero attached hydrogens (tertiary/aromatic N) is 2. The Morgan fingerprint density at radius 2 is 2.18 bits per heavy atom. The first-order chi connectivity index (χ1) is 5.36. The van der Waals surface area contributed by atoms with Gasteiger partial charge in [0, 0.05) is 17.3 Å². The summed E-state index contributed by atoms with van der Waals surface area (Å²) in [5.41, 5.74) is 7.18. The molecule has 2 aromatic rings. The molecule has 0 bridgehead atoms. The molecule has 2 N–H and O–H groups in total. The maximum atomic E-state index is 5.56. The van der Waals surface area contributed by atoms with Gasteiger partial charge in [0.1, 0.15) is 6.33 Å². The van der Waals surface area contributed by atoms with Gasteiger partial charge >= 0.3 is 0 Å². The Bertz CT molecular complexity index is 384. The molecule has 0 fully saturated rings. The van der Waals surface area contributed by atoms with Crippen LogP contribution < -0.4 is 5.73 Å². The van der Waals surface area contributed by atoms with E-state index >= 15 is 0 Å². The van der Waals surface area contributed by atoms with Gasteiger partial charge in [0.15, 0.2) is 0 Å². The van der Waals surface area contributed by atoms with E-state index in [0.717, 1.165) is 16.6 Å². The molecule has 0 spiro atoms. The molecule has 2 rings (SSSR count). The van der Waals surface area contributed by atoms with E-state index in [-0.39, 0.29) is 0 Å². The topological polar surface area (TPSA) is 51.8 Å². The second kappa shape index (κ2) is 2.20. The molecule has 1 aromatic heterocycles. The smallest absolute Gasteiger partial charge is 0.116 e. The Labute approximate surface area is 63.9 Å². The van der Waals surface area contributed by atoms with Gasteiger partial charge in [0.2, 0.25) is 0 Å². The summed E-state index contributed by atoms with van der Waals surface area (Å²) in [5.74, 6) is 0. The fourth-order valence-corrected chi connectivity index (χ4v) is 0.991. The number of nitrogens with two attached hydrogens (primary N) is 1. The van der Waals surface area contributed by atoms with E-state index in [0.29, 0.717) is 0 Å². The summed E-state index contributed by atoms with van der Waals surface area (Å²) in [6, 6.07) is 5.58. The Morgan fingerprint density at radius 1 is 1.27 bits per heavy atom. The third kappa shape index (κ3) is 1.00. The fraction of sp³-hybridized carbons (Fsp3) is 0. The Balaban J connectivity index is 2.83. The van der Waals surface area contributed by atoms with E-state index in [1.807, 2.05) is 18.2 Å². The van der Waals surface area contributed by atoms with Crippen molar-refractivity contribution in [3.63, 3.8) is 0 Å². The predicted octanol–water partition coefficient (Wildman–Crippen LogP) is 1.21. The van der Waals surface area contributed by atoms with Crippen molar-refractivity contribution in [1.29, 1.82) is 0 Å². The minimum absolute atomic E-state index is 0.733. The van der Waals surface area contributed by atoms with Crippen LogP contribution >= 0.6 is 0 Å². The van der Waals surface area contributed by atoms with Crippen molar-refractivity contribution in [1.82, 2.24) is 9.97 Å². The molecule has 1 heterocycles. The zero-order valence-corrected chi connectivity index (χ0v) is 5.86. The van der Waals surface area contributed by atoms with Gasteiger partial charge < -0.3 is 5.73 Å². The molecule has 11 heavy (non-hydrogen) atoms. The summed E-state index contributed by atoms with van der Waals surface area (Å²) in [6.07, 6.45) is 3.28. The number of hydrogen-bond acceptors (Lipinski definition) is 3. The second-order valence-electron chi connectivity index (χ2n) is 2.34. The predicted molar refractivity (Wildman–Crippen MR) is 44.0 cm³/mol. The highest BCUT2D eigenvalue weighted by Gasteiger charge is 1.92. The number of hydrogen-bond donors (Lipinski definition) is 1. The van der Waals surface area contributed by atoms with Crippen LogP contribution in [0.4, 0.5) is 5.69 Å². The lowest BCUT2D eigenvalue weighted by Crippen LogP contribution is -1.85. The van der Waals surface area contributed by atoms with E-state index < -0.39 is 0 Å². The lowest BCUT2D eigenvalue weighted by molar-refractivity contribution is 1.22. The molecule has 0 atom stereocenters. The zero-order valence-electron chi connectivity index (χ0n) is 5.86. The quantitative estimate of drug-likeness (QED) is 0.567. The van der Waals surface area contributed by atoms with Crippen molar-refractivity contribution >= 4 is 16.6 Å². The molecule has 0 aliphatic heterocycles. The van der Waals surface area contributed by atoms with Gasteiger partial charge in [-0.25, -0.2) is 9.97 Å². The van der Waals surface area contributed by atoms with E-state index in [2.05, 4.69) is 9.97 Å². The molecule has 0 saturated carbocycles. The van der Waals surface area contributed by atoms with Crippen LogP contribution in [0.15, 0.2) is 30.7 Å². The van der Waals surface area contributed by atoms with E-state index in [4.69, 9.17) is 5.73 Å². The fourth-order valence-electron chi connectivity index (χ4n) is 0.991. The lowest BCUT2D eigenvalue weighted by atomic mass is 10.2.